The Labute approximate surface area is 159 Å². The van der Waals surface area contributed by atoms with Crippen LogP contribution in [-0.2, 0) is 13.0 Å². The van der Waals surface area contributed by atoms with E-state index in [1.165, 1.54) is 21.7 Å². The van der Waals surface area contributed by atoms with Gasteiger partial charge in [-0.15, -0.1) is 11.3 Å². The van der Waals surface area contributed by atoms with Crippen LogP contribution in [0.3, 0.4) is 0 Å². The van der Waals surface area contributed by atoms with Crippen molar-refractivity contribution in [1.29, 1.82) is 0 Å². The molecule has 5 heteroatoms. The molecule has 1 atom stereocenters. The molecule has 138 valence electrons. The molecule has 26 heavy (non-hydrogen) atoms. The average molecular weight is 370 g/mol. The lowest BCUT2D eigenvalue weighted by atomic mass is 10.1. The maximum Gasteiger partial charge on any atom is 0.153 e. The quantitative estimate of drug-likeness (QED) is 0.596. The van der Waals surface area contributed by atoms with E-state index in [1.807, 2.05) is 24.4 Å². The third-order valence-corrected chi connectivity index (χ3v) is 5.45. The minimum atomic E-state index is 0.101. The predicted octanol–water partition coefficient (Wildman–Crippen LogP) is 5.51. The van der Waals surface area contributed by atoms with Gasteiger partial charge in [-0.3, -0.25) is 4.98 Å². The second-order valence-electron chi connectivity index (χ2n) is 6.85. The third kappa shape index (κ3) is 4.00. The summed E-state index contributed by atoms with van der Waals surface area (Å²) in [6, 6.07) is 8.25. The van der Waals surface area contributed by atoms with Crippen molar-refractivity contribution in [3.63, 3.8) is 0 Å². The zero-order valence-electron chi connectivity index (χ0n) is 16.2. The van der Waals surface area contributed by atoms with E-state index in [1.54, 1.807) is 11.3 Å². The molecule has 0 bridgehead atoms. The zero-order chi connectivity index (χ0) is 18.7. The number of furan rings is 1. The van der Waals surface area contributed by atoms with Crippen LogP contribution in [0, 0.1) is 6.92 Å². The molecule has 3 aromatic rings. The number of aromatic nitrogens is 1. The number of anilines is 1. The topological polar surface area (TPSA) is 41.3 Å². The number of aryl methyl sites for hydroxylation is 1. The van der Waals surface area contributed by atoms with Gasteiger partial charge in [-0.2, -0.15) is 0 Å². The van der Waals surface area contributed by atoms with Crippen molar-refractivity contribution in [2.24, 2.45) is 0 Å². The molecule has 0 aliphatic rings. The number of hydrogen-bond acceptors (Lipinski definition) is 5. The van der Waals surface area contributed by atoms with Crippen LogP contribution in [0.25, 0.3) is 11.5 Å². The highest BCUT2D eigenvalue weighted by Gasteiger charge is 2.16. The van der Waals surface area contributed by atoms with Crippen molar-refractivity contribution in [3.05, 3.63) is 57.6 Å². The Morgan fingerprint density at radius 3 is 2.81 bits per heavy atom. The molecule has 1 unspecified atom stereocenters. The van der Waals surface area contributed by atoms with Crippen molar-refractivity contribution in [2.45, 2.75) is 39.8 Å². The minimum Gasteiger partial charge on any atom is -0.457 e. The van der Waals surface area contributed by atoms with Crippen LogP contribution >= 0.6 is 11.3 Å². The van der Waals surface area contributed by atoms with E-state index in [2.05, 4.69) is 61.5 Å². The Morgan fingerprint density at radius 2 is 2.08 bits per heavy atom. The molecule has 0 spiro atoms. The largest absolute Gasteiger partial charge is 0.457 e. The van der Waals surface area contributed by atoms with Crippen LogP contribution in [0.15, 0.2) is 40.3 Å². The lowest BCUT2D eigenvalue weighted by molar-refractivity contribution is 0.401. The van der Waals surface area contributed by atoms with Crippen LogP contribution in [-0.4, -0.2) is 24.0 Å². The fourth-order valence-corrected chi connectivity index (χ4v) is 4.09. The Morgan fingerprint density at radius 1 is 1.27 bits per heavy atom. The van der Waals surface area contributed by atoms with Gasteiger partial charge >= 0.3 is 0 Å². The molecule has 0 radical (unpaired) electrons. The van der Waals surface area contributed by atoms with Crippen molar-refractivity contribution < 1.29 is 4.42 Å². The van der Waals surface area contributed by atoms with Gasteiger partial charge in [0.1, 0.15) is 11.5 Å². The summed E-state index contributed by atoms with van der Waals surface area (Å²) in [7, 11) is 4.12. The van der Waals surface area contributed by atoms with Crippen molar-refractivity contribution in [3.8, 4) is 11.5 Å². The molecule has 0 aliphatic carbocycles. The van der Waals surface area contributed by atoms with Crippen LogP contribution in [0.1, 0.15) is 41.7 Å². The van der Waals surface area contributed by atoms with E-state index < -0.39 is 0 Å². The van der Waals surface area contributed by atoms with Crippen LogP contribution in [0.2, 0.25) is 0 Å². The summed E-state index contributed by atoms with van der Waals surface area (Å²) in [6.07, 6.45) is 2.86. The molecule has 0 fully saturated rings. The molecule has 0 saturated heterocycles. The fourth-order valence-electron chi connectivity index (χ4n) is 3.19. The SMILES string of the molecule is CCc1c(NC(C)c2ccc(-c3ncccc3CN(C)C)o2)csc1C. The summed E-state index contributed by atoms with van der Waals surface area (Å²) in [6.45, 7) is 7.34. The second kappa shape index (κ2) is 8.06. The van der Waals surface area contributed by atoms with Crippen LogP contribution in [0.4, 0.5) is 5.69 Å². The van der Waals surface area contributed by atoms with E-state index in [0.717, 1.165) is 30.2 Å². The van der Waals surface area contributed by atoms with Gasteiger partial charge in [-0.25, -0.2) is 0 Å². The molecule has 3 rings (SSSR count). The Hall–Kier alpha value is -2.11. The molecular weight excluding hydrogens is 342 g/mol. The summed E-state index contributed by atoms with van der Waals surface area (Å²) < 4.78 is 6.17. The van der Waals surface area contributed by atoms with E-state index in [9.17, 15) is 0 Å². The highest BCUT2D eigenvalue weighted by atomic mass is 32.1. The van der Waals surface area contributed by atoms with Crippen LogP contribution in [0.5, 0.6) is 0 Å². The van der Waals surface area contributed by atoms with Gasteiger partial charge in [-0.1, -0.05) is 13.0 Å². The van der Waals surface area contributed by atoms with E-state index in [0.29, 0.717) is 0 Å². The number of nitrogens with zero attached hydrogens (tertiary/aromatic N) is 2. The Bertz CT molecular complexity index is 866. The third-order valence-electron chi connectivity index (χ3n) is 4.49. The molecule has 3 heterocycles. The number of hydrogen-bond donors (Lipinski definition) is 1. The van der Waals surface area contributed by atoms with Gasteiger partial charge in [0, 0.05) is 28.7 Å². The highest BCUT2D eigenvalue weighted by Crippen LogP contribution is 2.32. The molecular formula is C21H27N3OS. The van der Waals surface area contributed by atoms with E-state index >= 15 is 0 Å². The normalized spacial score (nSPS) is 12.5. The summed E-state index contributed by atoms with van der Waals surface area (Å²) >= 11 is 1.79. The monoisotopic (exact) mass is 369 g/mol. The summed E-state index contributed by atoms with van der Waals surface area (Å²) in [4.78, 5) is 8.07. The predicted molar refractivity (Wildman–Crippen MR) is 110 cm³/mol. The molecule has 0 aliphatic heterocycles. The first-order valence-corrected chi connectivity index (χ1v) is 9.89. The highest BCUT2D eigenvalue weighted by molar-refractivity contribution is 7.10. The molecule has 3 aromatic heterocycles. The molecule has 4 nitrogen and oxygen atoms in total. The lowest BCUT2D eigenvalue weighted by Crippen LogP contribution is -2.11. The van der Waals surface area contributed by atoms with Gasteiger partial charge in [0.2, 0.25) is 0 Å². The van der Waals surface area contributed by atoms with Crippen LogP contribution < -0.4 is 5.32 Å². The smallest absolute Gasteiger partial charge is 0.153 e. The van der Waals surface area contributed by atoms with Gasteiger partial charge in [0.15, 0.2) is 5.76 Å². The number of rotatable bonds is 7. The minimum absolute atomic E-state index is 0.101. The second-order valence-corrected chi connectivity index (χ2v) is 7.94. The first kappa shape index (κ1) is 18.7. The maximum absolute atomic E-state index is 6.17. The zero-order valence-corrected chi connectivity index (χ0v) is 17.0. The summed E-state index contributed by atoms with van der Waals surface area (Å²) in [5.41, 5.74) is 4.69. The van der Waals surface area contributed by atoms with Gasteiger partial charge in [-0.05, 0) is 63.7 Å². The fraction of sp³-hybridized carbons (Fsp3) is 0.381. The molecule has 1 N–H and O–H groups in total. The maximum atomic E-state index is 6.17. The van der Waals surface area contributed by atoms with Crippen molar-refractivity contribution in [2.75, 3.05) is 19.4 Å². The summed E-state index contributed by atoms with van der Waals surface area (Å²) in [5.74, 6) is 1.75. The number of nitrogens with one attached hydrogen (secondary N) is 1. The average Bonchev–Trinajstić information content (AvgIpc) is 3.22. The first-order chi connectivity index (χ1) is 12.5. The standard InChI is InChI=1S/C21H27N3OS/c1-6-17-15(3)26-13-18(17)23-14(2)19-9-10-20(25-19)21-16(12-24(4)5)8-7-11-22-21/h7-11,13-14,23H,6,12H2,1-5H3. The van der Waals surface area contributed by atoms with Gasteiger partial charge in [0.25, 0.3) is 0 Å². The van der Waals surface area contributed by atoms with E-state index in [-0.39, 0.29) is 6.04 Å². The summed E-state index contributed by atoms with van der Waals surface area (Å²) in [5, 5.41) is 5.80. The Kier molecular flexibility index (Phi) is 5.79. The number of pyridine rings is 1. The number of thiophene rings is 1. The Balaban J connectivity index is 1.82. The lowest BCUT2D eigenvalue weighted by Gasteiger charge is -2.14. The van der Waals surface area contributed by atoms with Gasteiger partial charge < -0.3 is 14.6 Å². The first-order valence-electron chi connectivity index (χ1n) is 9.01. The molecule has 0 aromatic carbocycles. The van der Waals surface area contributed by atoms with Crippen molar-refractivity contribution in [1.82, 2.24) is 9.88 Å². The molecule has 0 saturated carbocycles. The van der Waals surface area contributed by atoms with Crippen molar-refractivity contribution >= 4 is 17.0 Å². The molecule has 0 amide bonds. The van der Waals surface area contributed by atoms with Gasteiger partial charge in [0.05, 0.1) is 6.04 Å². The van der Waals surface area contributed by atoms with E-state index in [4.69, 9.17) is 4.42 Å².